The molecule has 1 N–H and O–H groups in total. The summed E-state index contributed by atoms with van der Waals surface area (Å²) in [5.74, 6) is 0.743. The lowest BCUT2D eigenvalue weighted by Crippen LogP contribution is -2.15. The molecule has 0 spiro atoms. The first-order valence-corrected chi connectivity index (χ1v) is 7.25. The Hall–Kier alpha value is -1.03. The zero-order chi connectivity index (χ0) is 12.2. The van der Waals surface area contributed by atoms with Gasteiger partial charge in [-0.3, -0.25) is 5.10 Å². The third-order valence-corrected chi connectivity index (χ3v) is 3.94. The summed E-state index contributed by atoms with van der Waals surface area (Å²) in [6.45, 7) is 0.864. The lowest BCUT2D eigenvalue weighted by atomic mass is 10.1. The highest BCUT2D eigenvalue weighted by Gasteiger charge is 2.21. The maximum absolute atomic E-state index is 5.98. The predicted molar refractivity (Wildman–Crippen MR) is 68.6 cm³/mol. The van der Waals surface area contributed by atoms with Crippen molar-refractivity contribution in [1.29, 1.82) is 0 Å². The number of hydrogen-bond donors (Lipinski definition) is 1. The van der Waals surface area contributed by atoms with Gasteiger partial charge in [0.25, 0.3) is 0 Å². The topological polar surface area (TPSA) is 47.1 Å². The molecule has 0 bridgehead atoms. The highest BCUT2D eigenvalue weighted by atomic mass is 16.5. The summed E-state index contributed by atoms with van der Waals surface area (Å²) in [6, 6.07) is 2.01. The molecule has 1 aromatic heterocycles. The first-order chi connectivity index (χ1) is 8.92. The van der Waals surface area contributed by atoms with E-state index in [2.05, 4.69) is 10.2 Å². The van der Waals surface area contributed by atoms with Crippen molar-refractivity contribution in [2.24, 2.45) is 0 Å². The van der Waals surface area contributed by atoms with E-state index in [-0.39, 0.29) is 6.10 Å². The Kier molecular flexibility index (Phi) is 3.84. The molecule has 0 unspecified atom stereocenters. The molecule has 1 aliphatic carbocycles. The molecule has 4 nitrogen and oxygen atoms in total. The molecule has 0 amide bonds. The lowest BCUT2D eigenvalue weighted by Gasteiger charge is -2.14. The van der Waals surface area contributed by atoms with Crippen molar-refractivity contribution in [3.8, 4) is 5.88 Å². The van der Waals surface area contributed by atoms with E-state index in [9.17, 15) is 0 Å². The zero-order valence-electron chi connectivity index (χ0n) is 10.9. The van der Waals surface area contributed by atoms with Gasteiger partial charge in [0.15, 0.2) is 0 Å². The zero-order valence-corrected chi connectivity index (χ0v) is 10.9. The van der Waals surface area contributed by atoms with Crippen molar-refractivity contribution in [1.82, 2.24) is 10.2 Å². The Bertz CT molecular complexity index is 364. The van der Waals surface area contributed by atoms with Gasteiger partial charge in [0.05, 0.1) is 11.8 Å². The van der Waals surface area contributed by atoms with E-state index in [1.54, 1.807) is 0 Å². The normalized spacial score (nSPS) is 26.1. The quantitative estimate of drug-likeness (QED) is 0.837. The molecular formula is C14H22N2O2. The van der Waals surface area contributed by atoms with E-state index in [0.29, 0.717) is 6.10 Å². The molecule has 1 aliphatic heterocycles. The summed E-state index contributed by atoms with van der Waals surface area (Å²) in [6.07, 6.45) is 10.4. The maximum Gasteiger partial charge on any atom is 0.233 e. The van der Waals surface area contributed by atoms with Crippen LogP contribution in [0.25, 0.3) is 0 Å². The predicted octanol–water partition coefficient (Wildman–Crippen LogP) is 3.36. The van der Waals surface area contributed by atoms with Crippen LogP contribution in [0, 0.1) is 0 Å². The number of ether oxygens (including phenoxy) is 2. The molecular weight excluding hydrogens is 228 g/mol. The van der Waals surface area contributed by atoms with Crippen LogP contribution in [0.4, 0.5) is 0 Å². The van der Waals surface area contributed by atoms with Crippen molar-refractivity contribution in [2.45, 2.75) is 63.6 Å². The molecule has 3 rings (SSSR count). The Morgan fingerprint density at radius 2 is 1.94 bits per heavy atom. The molecule has 18 heavy (non-hydrogen) atoms. The minimum Gasteiger partial charge on any atom is -0.473 e. The number of hydrogen-bond acceptors (Lipinski definition) is 3. The van der Waals surface area contributed by atoms with Gasteiger partial charge >= 0.3 is 0 Å². The van der Waals surface area contributed by atoms with Crippen LogP contribution in [0.5, 0.6) is 5.88 Å². The highest BCUT2D eigenvalue weighted by molar-refractivity contribution is 5.17. The van der Waals surface area contributed by atoms with Crippen LogP contribution in [0.15, 0.2) is 6.07 Å². The molecule has 1 atom stereocenters. The standard InChI is InChI=1S/C14H22N2O2/c1-2-4-7-11(6-3-1)18-14-10-12(15-16-14)13-8-5-9-17-13/h10-11,13H,1-9H2,(H,15,16)/t13-/m0/s1. The van der Waals surface area contributed by atoms with Crippen LogP contribution in [0.2, 0.25) is 0 Å². The van der Waals surface area contributed by atoms with Crippen molar-refractivity contribution in [3.05, 3.63) is 11.8 Å². The van der Waals surface area contributed by atoms with Crippen LogP contribution in [-0.4, -0.2) is 22.9 Å². The number of rotatable bonds is 3. The molecule has 2 heterocycles. The molecule has 0 aromatic carbocycles. The fourth-order valence-electron chi connectivity index (χ4n) is 2.90. The van der Waals surface area contributed by atoms with Gasteiger partial charge in [0.1, 0.15) is 6.10 Å². The van der Waals surface area contributed by atoms with Crippen molar-refractivity contribution < 1.29 is 9.47 Å². The van der Waals surface area contributed by atoms with Gasteiger partial charge in [0, 0.05) is 12.7 Å². The molecule has 1 saturated carbocycles. The van der Waals surface area contributed by atoms with Crippen LogP contribution in [-0.2, 0) is 4.74 Å². The fourth-order valence-corrected chi connectivity index (χ4v) is 2.90. The SMILES string of the molecule is c1c(OC2CCCCCC2)n[nH]c1[C@@H]1CCCO1. The third kappa shape index (κ3) is 2.86. The van der Waals surface area contributed by atoms with Crippen LogP contribution in [0.3, 0.4) is 0 Å². The number of H-pyrrole nitrogens is 1. The molecule has 100 valence electrons. The van der Waals surface area contributed by atoms with Crippen molar-refractivity contribution in [3.63, 3.8) is 0 Å². The van der Waals surface area contributed by atoms with Crippen molar-refractivity contribution >= 4 is 0 Å². The van der Waals surface area contributed by atoms with Gasteiger partial charge in [0.2, 0.25) is 5.88 Å². The fraction of sp³-hybridized carbons (Fsp3) is 0.786. The number of aromatic amines is 1. The van der Waals surface area contributed by atoms with Gasteiger partial charge in [-0.2, -0.15) is 0 Å². The molecule has 1 aromatic rings. The van der Waals surface area contributed by atoms with Gasteiger partial charge in [-0.15, -0.1) is 5.10 Å². The second-order valence-electron chi connectivity index (χ2n) is 5.39. The van der Waals surface area contributed by atoms with E-state index >= 15 is 0 Å². The van der Waals surface area contributed by atoms with Gasteiger partial charge < -0.3 is 9.47 Å². The first kappa shape index (κ1) is 12.0. The second kappa shape index (κ2) is 5.74. The maximum atomic E-state index is 5.98. The monoisotopic (exact) mass is 250 g/mol. The van der Waals surface area contributed by atoms with E-state index in [4.69, 9.17) is 9.47 Å². The minimum absolute atomic E-state index is 0.198. The lowest BCUT2D eigenvalue weighted by molar-refractivity contribution is 0.108. The highest BCUT2D eigenvalue weighted by Crippen LogP contribution is 2.29. The van der Waals surface area contributed by atoms with Crippen LogP contribution < -0.4 is 4.74 Å². The Morgan fingerprint density at radius 3 is 2.67 bits per heavy atom. The largest absolute Gasteiger partial charge is 0.473 e. The van der Waals surface area contributed by atoms with Crippen LogP contribution in [0.1, 0.15) is 63.2 Å². The summed E-state index contributed by atoms with van der Waals surface area (Å²) >= 11 is 0. The second-order valence-corrected chi connectivity index (χ2v) is 5.39. The average Bonchev–Trinajstić information content (AvgIpc) is 2.98. The Labute approximate surface area is 108 Å². The van der Waals surface area contributed by atoms with Gasteiger partial charge in [-0.25, -0.2) is 0 Å². The smallest absolute Gasteiger partial charge is 0.233 e. The Balaban J connectivity index is 1.58. The van der Waals surface area contributed by atoms with E-state index < -0.39 is 0 Å². The molecule has 4 heteroatoms. The van der Waals surface area contributed by atoms with Crippen LogP contribution >= 0.6 is 0 Å². The van der Waals surface area contributed by atoms with Gasteiger partial charge in [-0.05, 0) is 38.5 Å². The average molecular weight is 250 g/mol. The van der Waals surface area contributed by atoms with Crippen molar-refractivity contribution in [2.75, 3.05) is 6.61 Å². The number of aromatic nitrogens is 2. The van der Waals surface area contributed by atoms with E-state index in [0.717, 1.165) is 31.0 Å². The number of nitrogens with zero attached hydrogens (tertiary/aromatic N) is 1. The third-order valence-electron chi connectivity index (χ3n) is 3.94. The summed E-state index contributed by atoms with van der Waals surface area (Å²) in [5.41, 5.74) is 1.07. The molecule has 2 fully saturated rings. The molecule has 2 aliphatic rings. The van der Waals surface area contributed by atoms with E-state index in [1.165, 1.54) is 38.5 Å². The molecule has 0 radical (unpaired) electrons. The first-order valence-electron chi connectivity index (χ1n) is 7.25. The summed E-state index contributed by atoms with van der Waals surface area (Å²) in [5, 5.41) is 7.31. The van der Waals surface area contributed by atoms with E-state index in [1.807, 2.05) is 6.07 Å². The minimum atomic E-state index is 0.198. The summed E-state index contributed by atoms with van der Waals surface area (Å²) < 4.78 is 11.6. The summed E-state index contributed by atoms with van der Waals surface area (Å²) in [7, 11) is 0. The Morgan fingerprint density at radius 1 is 1.11 bits per heavy atom. The van der Waals surface area contributed by atoms with Gasteiger partial charge in [-0.1, -0.05) is 12.8 Å². The molecule has 1 saturated heterocycles. The summed E-state index contributed by atoms with van der Waals surface area (Å²) in [4.78, 5) is 0. The number of nitrogens with one attached hydrogen (secondary N) is 1.